The summed E-state index contributed by atoms with van der Waals surface area (Å²) in [7, 11) is 0. The molecular formula is C15H16N2OS. The number of hydrogen-bond acceptors (Lipinski definition) is 3. The molecule has 1 aromatic carbocycles. The smallest absolute Gasteiger partial charge is 0.229 e. The first-order chi connectivity index (χ1) is 9.28. The van der Waals surface area contributed by atoms with Gasteiger partial charge in [-0.3, -0.25) is 4.79 Å². The van der Waals surface area contributed by atoms with Gasteiger partial charge in [0, 0.05) is 16.4 Å². The van der Waals surface area contributed by atoms with Gasteiger partial charge in [-0.2, -0.15) is 0 Å². The van der Waals surface area contributed by atoms with E-state index in [9.17, 15) is 4.79 Å². The summed E-state index contributed by atoms with van der Waals surface area (Å²) in [6, 6.07) is 10.1. The monoisotopic (exact) mass is 272 g/mol. The Morgan fingerprint density at radius 2 is 2.11 bits per heavy atom. The molecule has 4 heteroatoms. The van der Waals surface area contributed by atoms with Gasteiger partial charge >= 0.3 is 0 Å². The topological polar surface area (TPSA) is 42.0 Å². The number of carbonyl (C=O) groups is 1. The fourth-order valence-corrected chi connectivity index (χ4v) is 2.95. The van der Waals surface area contributed by atoms with Gasteiger partial charge in [0.15, 0.2) is 5.13 Å². The molecule has 0 atom stereocenters. The zero-order chi connectivity index (χ0) is 13.2. The molecule has 3 rings (SSSR count). The van der Waals surface area contributed by atoms with E-state index in [1.165, 1.54) is 4.88 Å². The minimum absolute atomic E-state index is 0.121. The minimum atomic E-state index is 0.121. The number of aromatic nitrogens is 1. The lowest BCUT2D eigenvalue weighted by atomic mass is 10.1. The Hall–Kier alpha value is -1.68. The van der Waals surface area contributed by atoms with Crippen LogP contribution in [0.25, 0.3) is 11.3 Å². The summed E-state index contributed by atoms with van der Waals surface area (Å²) in [6.07, 6.45) is 2.97. The van der Waals surface area contributed by atoms with Gasteiger partial charge in [0.05, 0.1) is 5.69 Å². The molecule has 0 radical (unpaired) electrons. The van der Waals surface area contributed by atoms with Crippen molar-refractivity contribution >= 4 is 22.4 Å². The summed E-state index contributed by atoms with van der Waals surface area (Å²) < 4.78 is 0. The molecule has 19 heavy (non-hydrogen) atoms. The number of hydrogen-bond donors (Lipinski definition) is 1. The highest BCUT2D eigenvalue weighted by Gasteiger charge is 2.30. The molecule has 0 saturated heterocycles. The first-order valence-electron chi connectivity index (χ1n) is 6.64. The normalized spacial score (nSPS) is 14.4. The Balaban J connectivity index is 1.87. The number of amides is 1. The molecule has 1 aliphatic carbocycles. The van der Waals surface area contributed by atoms with E-state index in [4.69, 9.17) is 0 Å². The van der Waals surface area contributed by atoms with Crippen molar-refractivity contribution in [3.05, 3.63) is 35.2 Å². The van der Waals surface area contributed by atoms with Crippen LogP contribution in [0.3, 0.4) is 0 Å². The summed E-state index contributed by atoms with van der Waals surface area (Å²) in [4.78, 5) is 17.6. The van der Waals surface area contributed by atoms with Gasteiger partial charge in [0.1, 0.15) is 0 Å². The molecule has 1 aromatic heterocycles. The fraction of sp³-hybridized carbons (Fsp3) is 0.333. The highest BCUT2D eigenvalue weighted by molar-refractivity contribution is 7.16. The second kappa shape index (κ2) is 5.13. The average Bonchev–Trinajstić information content (AvgIpc) is 3.21. The van der Waals surface area contributed by atoms with Crippen molar-refractivity contribution in [1.29, 1.82) is 0 Å². The van der Waals surface area contributed by atoms with Crippen LogP contribution in [0.2, 0.25) is 0 Å². The van der Waals surface area contributed by atoms with E-state index < -0.39 is 0 Å². The zero-order valence-electron chi connectivity index (χ0n) is 10.8. The predicted octanol–water partition coefficient (Wildman–Crippen LogP) is 3.72. The maximum atomic E-state index is 11.8. The maximum Gasteiger partial charge on any atom is 0.229 e. The molecule has 0 spiro atoms. The van der Waals surface area contributed by atoms with Crippen LogP contribution in [-0.4, -0.2) is 10.9 Å². The van der Waals surface area contributed by atoms with E-state index >= 15 is 0 Å². The Labute approximate surface area is 116 Å². The number of thiazole rings is 1. The third-order valence-electron chi connectivity index (χ3n) is 3.24. The molecule has 1 fully saturated rings. The number of aryl methyl sites for hydroxylation is 1. The number of rotatable bonds is 4. The molecule has 1 aliphatic rings. The summed E-state index contributed by atoms with van der Waals surface area (Å²) in [5.41, 5.74) is 2.11. The molecule has 1 N–H and O–H groups in total. The highest BCUT2D eigenvalue weighted by atomic mass is 32.1. The fourth-order valence-electron chi connectivity index (χ4n) is 2.02. The van der Waals surface area contributed by atoms with Gasteiger partial charge in [-0.25, -0.2) is 4.98 Å². The molecular weight excluding hydrogens is 256 g/mol. The Kier molecular flexibility index (Phi) is 3.34. The van der Waals surface area contributed by atoms with Crippen LogP contribution >= 0.6 is 11.3 Å². The summed E-state index contributed by atoms with van der Waals surface area (Å²) in [5.74, 6) is 0.338. The SMILES string of the molecule is CCc1sc(NC(=O)C2CC2)nc1-c1ccccc1. The number of carbonyl (C=O) groups excluding carboxylic acids is 1. The van der Waals surface area contributed by atoms with Crippen LogP contribution < -0.4 is 5.32 Å². The molecule has 2 aromatic rings. The van der Waals surface area contributed by atoms with Crippen LogP contribution in [0.5, 0.6) is 0 Å². The van der Waals surface area contributed by atoms with E-state index in [1.54, 1.807) is 11.3 Å². The van der Waals surface area contributed by atoms with Gasteiger partial charge in [0.2, 0.25) is 5.91 Å². The number of benzene rings is 1. The maximum absolute atomic E-state index is 11.8. The predicted molar refractivity (Wildman–Crippen MR) is 78.3 cm³/mol. The summed E-state index contributed by atoms with van der Waals surface area (Å²) in [5, 5.41) is 3.67. The number of anilines is 1. The van der Waals surface area contributed by atoms with Crippen molar-refractivity contribution in [2.24, 2.45) is 5.92 Å². The quantitative estimate of drug-likeness (QED) is 0.921. The molecule has 1 heterocycles. The third kappa shape index (κ3) is 2.68. The lowest BCUT2D eigenvalue weighted by Crippen LogP contribution is -2.12. The van der Waals surface area contributed by atoms with E-state index in [-0.39, 0.29) is 11.8 Å². The molecule has 0 aliphatic heterocycles. The number of nitrogens with zero attached hydrogens (tertiary/aromatic N) is 1. The van der Waals surface area contributed by atoms with Gasteiger partial charge in [-0.1, -0.05) is 37.3 Å². The van der Waals surface area contributed by atoms with E-state index in [1.807, 2.05) is 18.2 Å². The van der Waals surface area contributed by atoms with Crippen molar-refractivity contribution in [3.63, 3.8) is 0 Å². The van der Waals surface area contributed by atoms with Crippen LogP contribution in [-0.2, 0) is 11.2 Å². The standard InChI is InChI=1S/C15H16N2OS/c1-2-12-13(10-6-4-3-5-7-10)16-15(19-12)17-14(18)11-8-9-11/h3-7,11H,2,8-9H2,1H3,(H,16,17,18). The Morgan fingerprint density at radius 1 is 1.37 bits per heavy atom. The van der Waals surface area contributed by atoms with E-state index in [0.29, 0.717) is 0 Å². The average molecular weight is 272 g/mol. The molecule has 3 nitrogen and oxygen atoms in total. The Morgan fingerprint density at radius 3 is 2.74 bits per heavy atom. The third-order valence-corrected chi connectivity index (χ3v) is 4.36. The first-order valence-corrected chi connectivity index (χ1v) is 7.45. The molecule has 1 amide bonds. The second-order valence-electron chi connectivity index (χ2n) is 4.77. The van der Waals surface area contributed by atoms with Crippen molar-refractivity contribution in [1.82, 2.24) is 4.98 Å². The first kappa shape index (κ1) is 12.4. The van der Waals surface area contributed by atoms with E-state index in [2.05, 4.69) is 29.4 Å². The van der Waals surface area contributed by atoms with Gasteiger partial charge in [-0.05, 0) is 19.3 Å². The van der Waals surface area contributed by atoms with Crippen LogP contribution in [0, 0.1) is 5.92 Å². The van der Waals surface area contributed by atoms with Gasteiger partial charge in [0.25, 0.3) is 0 Å². The summed E-state index contributed by atoms with van der Waals surface area (Å²) in [6.45, 7) is 2.12. The van der Waals surface area contributed by atoms with Crippen molar-refractivity contribution < 1.29 is 4.79 Å². The van der Waals surface area contributed by atoms with Crippen molar-refractivity contribution in [2.45, 2.75) is 26.2 Å². The van der Waals surface area contributed by atoms with Crippen molar-refractivity contribution in [3.8, 4) is 11.3 Å². The van der Waals surface area contributed by atoms with Gasteiger partial charge < -0.3 is 5.32 Å². The van der Waals surface area contributed by atoms with Gasteiger partial charge in [-0.15, -0.1) is 11.3 Å². The summed E-state index contributed by atoms with van der Waals surface area (Å²) >= 11 is 1.58. The molecule has 98 valence electrons. The highest BCUT2D eigenvalue weighted by Crippen LogP contribution is 2.34. The van der Waals surface area contributed by atoms with Crippen LogP contribution in [0.4, 0.5) is 5.13 Å². The Bertz CT molecular complexity index is 587. The largest absolute Gasteiger partial charge is 0.302 e. The van der Waals surface area contributed by atoms with Crippen LogP contribution in [0.15, 0.2) is 30.3 Å². The molecule has 1 saturated carbocycles. The lowest BCUT2D eigenvalue weighted by Gasteiger charge is -1.99. The van der Waals surface area contributed by atoms with Crippen molar-refractivity contribution in [2.75, 3.05) is 5.32 Å². The molecule has 0 bridgehead atoms. The lowest BCUT2D eigenvalue weighted by molar-refractivity contribution is -0.117. The molecule has 0 unspecified atom stereocenters. The van der Waals surface area contributed by atoms with Crippen LogP contribution in [0.1, 0.15) is 24.6 Å². The van der Waals surface area contributed by atoms with E-state index in [0.717, 1.165) is 35.7 Å². The minimum Gasteiger partial charge on any atom is -0.302 e. The zero-order valence-corrected chi connectivity index (χ0v) is 11.7. The number of nitrogens with one attached hydrogen (secondary N) is 1. The second-order valence-corrected chi connectivity index (χ2v) is 5.86.